The molecule has 2 aromatic rings. The van der Waals surface area contributed by atoms with Crippen LogP contribution in [0.4, 0.5) is 14.9 Å². The van der Waals surface area contributed by atoms with Crippen LogP contribution in [0.25, 0.3) is 4.85 Å². The van der Waals surface area contributed by atoms with Gasteiger partial charge in [0.25, 0.3) is 0 Å². The lowest BCUT2D eigenvalue weighted by molar-refractivity contribution is 0.0220. The largest absolute Gasteiger partial charge is 0.472 e. The van der Waals surface area contributed by atoms with Crippen LogP contribution in [0, 0.1) is 12.4 Å². The minimum Gasteiger partial charge on any atom is -0.472 e. The summed E-state index contributed by atoms with van der Waals surface area (Å²) in [7, 11) is 0. The quantitative estimate of drug-likeness (QED) is 0.636. The van der Waals surface area contributed by atoms with Gasteiger partial charge in [-0.3, -0.25) is 0 Å². The standard InChI is InChI=1S/C21H21ClFN3O3/c1-21(2,3)29-20(27)26-8-7-13-9-16(22)19(25-18(13)11-26)28-12-14-5-6-15(24-4)10-17(14)23/h5-6,9-10H,7-8,11-12H2,1-3H3. The summed E-state index contributed by atoms with van der Waals surface area (Å²) < 4.78 is 25.1. The van der Waals surface area contributed by atoms with Gasteiger partial charge in [-0.25, -0.2) is 19.0 Å². The molecule has 2 heterocycles. The van der Waals surface area contributed by atoms with Gasteiger partial charge in [-0.2, -0.15) is 0 Å². The summed E-state index contributed by atoms with van der Waals surface area (Å²) in [5, 5.41) is 0.327. The Morgan fingerprint density at radius 2 is 2.14 bits per heavy atom. The second-order valence-corrected chi connectivity index (χ2v) is 8.12. The summed E-state index contributed by atoms with van der Waals surface area (Å²) in [6.07, 6.45) is 0.207. The predicted octanol–water partition coefficient (Wildman–Crippen LogP) is 5.30. The number of ether oxygens (including phenoxy) is 2. The molecule has 0 radical (unpaired) electrons. The monoisotopic (exact) mass is 417 g/mol. The highest BCUT2D eigenvalue weighted by Gasteiger charge is 2.27. The van der Waals surface area contributed by atoms with E-state index in [4.69, 9.17) is 27.6 Å². The molecule has 1 aromatic heterocycles. The van der Waals surface area contributed by atoms with Crippen molar-refractivity contribution in [2.75, 3.05) is 6.54 Å². The van der Waals surface area contributed by atoms with Crippen molar-refractivity contribution >= 4 is 23.4 Å². The van der Waals surface area contributed by atoms with Crippen LogP contribution >= 0.6 is 11.6 Å². The van der Waals surface area contributed by atoms with Crippen LogP contribution < -0.4 is 4.74 Å². The number of pyridine rings is 1. The molecule has 3 rings (SSSR count). The minimum atomic E-state index is -0.577. The molecule has 0 fully saturated rings. The molecule has 0 atom stereocenters. The molecule has 29 heavy (non-hydrogen) atoms. The molecule has 0 unspecified atom stereocenters. The molecule has 1 amide bonds. The minimum absolute atomic E-state index is 0.0780. The van der Waals surface area contributed by atoms with E-state index in [9.17, 15) is 9.18 Å². The topological polar surface area (TPSA) is 56.0 Å². The van der Waals surface area contributed by atoms with Crippen LogP contribution in [0.1, 0.15) is 37.6 Å². The van der Waals surface area contributed by atoms with Crippen molar-refractivity contribution in [1.29, 1.82) is 0 Å². The number of fused-ring (bicyclic) bond motifs is 1. The number of hydrogen-bond acceptors (Lipinski definition) is 4. The van der Waals surface area contributed by atoms with Gasteiger partial charge in [-0.1, -0.05) is 23.7 Å². The second-order valence-electron chi connectivity index (χ2n) is 7.71. The van der Waals surface area contributed by atoms with Crippen molar-refractivity contribution in [3.8, 4) is 5.88 Å². The Morgan fingerprint density at radius 1 is 1.38 bits per heavy atom. The van der Waals surface area contributed by atoms with Crippen LogP contribution in [0.15, 0.2) is 24.3 Å². The number of amides is 1. The maximum atomic E-state index is 14.1. The number of hydrogen-bond donors (Lipinski definition) is 0. The van der Waals surface area contributed by atoms with Crippen LogP contribution in [0.3, 0.4) is 0 Å². The number of aromatic nitrogens is 1. The highest BCUT2D eigenvalue weighted by Crippen LogP contribution is 2.30. The Balaban J connectivity index is 1.74. The third-order valence-corrected chi connectivity index (χ3v) is 4.56. The van der Waals surface area contributed by atoms with E-state index < -0.39 is 17.5 Å². The lowest BCUT2D eigenvalue weighted by atomic mass is 10.1. The third-order valence-electron chi connectivity index (χ3n) is 4.29. The van der Waals surface area contributed by atoms with Crippen LogP contribution in [-0.4, -0.2) is 28.1 Å². The molecule has 0 aliphatic carbocycles. The van der Waals surface area contributed by atoms with Gasteiger partial charge in [0.05, 0.1) is 18.8 Å². The van der Waals surface area contributed by atoms with Crippen molar-refractivity contribution in [2.45, 2.75) is 45.9 Å². The van der Waals surface area contributed by atoms with E-state index in [0.717, 1.165) is 11.6 Å². The second kappa shape index (κ2) is 8.26. The van der Waals surface area contributed by atoms with Crippen molar-refractivity contribution in [1.82, 2.24) is 9.88 Å². The number of carbonyl (C=O) groups is 1. The Labute approximate surface area is 174 Å². The van der Waals surface area contributed by atoms with Gasteiger partial charge in [0.1, 0.15) is 23.0 Å². The Kier molecular flexibility index (Phi) is 5.94. The van der Waals surface area contributed by atoms with Gasteiger partial charge in [0, 0.05) is 12.1 Å². The molecular formula is C21H21ClFN3O3. The number of benzene rings is 1. The lowest BCUT2D eigenvalue weighted by Crippen LogP contribution is -2.40. The fraction of sp³-hybridized carbons (Fsp3) is 0.381. The molecule has 1 aliphatic heterocycles. The summed E-state index contributed by atoms with van der Waals surface area (Å²) >= 11 is 6.27. The summed E-state index contributed by atoms with van der Waals surface area (Å²) in [5.41, 5.74) is 1.55. The number of carbonyl (C=O) groups excluding carboxylic acids is 1. The number of halogens is 2. The maximum Gasteiger partial charge on any atom is 0.410 e. The molecule has 8 heteroatoms. The van der Waals surface area contributed by atoms with Crippen LogP contribution in [0.5, 0.6) is 5.88 Å². The molecular weight excluding hydrogens is 397 g/mol. The van der Waals surface area contributed by atoms with E-state index in [-0.39, 0.29) is 24.7 Å². The predicted molar refractivity (Wildman–Crippen MR) is 107 cm³/mol. The lowest BCUT2D eigenvalue weighted by Gasteiger charge is -2.31. The first-order chi connectivity index (χ1) is 13.7. The zero-order valence-electron chi connectivity index (χ0n) is 16.5. The van der Waals surface area contributed by atoms with E-state index in [1.54, 1.807) is 11.0 Å². The average molecular weight is 418 g/mol. The fourth-order valence-corrected chi connectivity index (χ4v) is 3.10. The normalized spacial score (nSPS) is 13.4. The molecule has 0 spiro atoms. The molecule has 152 valence electrons. The Bertz CT molecular complexity index is 982. The highest BCUT2D eigenvalue weighted by molar-refractivity contribution is 6.31. The zero-order valence-corrected chi connectivity index (χ0v) is 17.2. The smallest absolute Gasteiger partial charge is 0.410 e. The summed E-state index contributed by atoms with van der Waals surface area (Å²) in [6.45, 7) is 13.1. The average Bonchev–Trinajstić information content (AvgIpc) is 2.65. The van der Waals surface area contributed by atoms with Gasteiger partial charge in [0.15, 0.2) is 5.69 Å². The summed E-state index contributed by atoms with van der Waals surface area (Å²) in [6, 6.07) is 5.95. The number of rotatable bonds is 3. The van der Waals surface area contributed by atoms with Gasteiger partial charge in [-0.15, -0.1) is 0 Å². The molecule has 0 saturated carbocycles. The van der Waals surface area contributed by atoms with Gasteiger partial charge in [-0.05, 0) is 44.9 Å². The first-order valence-electron chi connectivity index (χ1n) is 9.11. The van der Waals surface area contributed by atoms with E-state index in [2.05, 4.69) is 9.83 Å². The molecule has 6 nitrogen and oxygen atoms in total. The van der Waals surface area contributed by atoms with Crippen molar-refractivity contribution in [3.63, 3.8) is 0 Å². The van der Waals surface area contributed by atoms with Gasteiger partial charge >= 0.3 is 6.09 Å². The van der Waals surface area contributed by atoms with Crippen molar-refractivity contribution in [3.05, 3.63) is 63.3 Å². The van der Waals surface area contributed by atoms with Crippen LogP contribution in [0.2, 0.25) is 5.02 Å². The first kappa shape index (κ1) is 20.9. The van der Waals surface area contributed by atoms with Crippen LogP contribution in [-0.2, 0) is 24.3 Å². The van der Waals surface area contributed by atoms with Crippen molar-refractivity contribution < 1.29 is 18.7 Å². The third kappa shape index (κ3) is 5.15. The Hall–Kier alpha value is -2.85. The molecule has 1 aliphatic rings. The number of nitrogens with zero attached hydrogens (tertiary/aromatic N) is 3. The zero-order chi connectivity index (χ0) is 21.2. The first-order valence-corrected chi connectivity index (χ1v) is 9.49. The SMILES string of the molecule is [C-]#[N+]c1ccc(COc2nc3c(cc2Cl)CCN(C(=O)OC(C)(C)C)C3)c(F)c1. The van der Waals surface area contributed by atoms with E-state index in [1.165, 1.54) is 12.1 Å². The maximum absolute atomic E-state index is 14.1. The van der Waals surface area contributed by atoms with Crippen molar-refractivity contribution in [2.24, 2.45) is 0 Å². The molecule has 1 aromatic carbocycles. The van der Waals surface area contributed by atoms with E-state index >= 15 is 0 Å². The van der Waals surface area contributed by atoms with E-state index in [1.807, 2.05) is 20.8 Å². The molecule has 0 bridgehead atoms. The van der Waals surface area contributed by atoms with E-state index in [0.29, 0.717) is 29.2 Å². The highest BCUT2D eigenvalue weighted by atomic mass is 35.5. The Morgan fingerprint density at radius 3 is 2.79 bits per heavy atom. The summed E-state index contributed by atoms with van der Waals surface area (Å²) in [4.78, 5) is 21.6. The fourth-order valence-electron chi connectivity index (χ4n) is 2.87. The van der Waals surface area contributed by atoms with Gasteiger partial charge in [0.2, 0.25) is 5.88 Å². The molecule has 0 saturated heterocycles. The molecule has 0 N–H and O–H groups in total. The van der Waals surface area contributed by atoms with Gasteiger partial charge < -0.3 is 14.4 Å². The summed E-state index contributed by atoms with van der Waals surface area (Å²) in [5.74, 6) is -0.353.